The van der Waals surface area contributed by atoms with Crippen LogP contribution in [0.25, 0.3) is 20.8 Å². The van der Waals surface area contributed by atoms with E-state index in [9.17, 15) is 9.59 Å². The van der Waals surface area contributed by atoms with Crippen molar-refractivity contribution in [3.05, 3.63) is 48.0 Å². The number of aromatic nitrogens is 1. The number of carbonyl (C=O) groups excluding carboxylic acids is 2. The highest BCUT2D eigenvalue weighted by Gasteiger charge is 2.48. The van der Waals surface area contributed by atoms with Gasteiger partial charge in [0.2, 0.25) is 5.91 Å². The SMILES string of the molecule is COC(=O)[C@@](C)(NCC(=O)Nc1ccc(-c2nc3ccc(C)cc3s2)cc1)C1CC1. The molecule has 0 saturated heterocycles. The molecule has 0 unspecified atom stereocenters. The van der Waals surface area contributed by atoms with Crippen LogP contribution in [0.4, 0.5) is 5.69 Å². The number of methoxy groups -OCH3 is 1. The Kier molecular flexibility index (Phi) is 5.58. The zero-order chi connectivity index (χ0) is 21.3. The maximum atomic E-state index is 12.4. The molecule has 30 heavy (non-hydrogen) atoms. The van der Waals surface area contributed by atoms with Crippen molar-refractivity contribution in [2.24, 2.45) is 5.92 Å². The third-order valence-electron chi connectivity index (χ3n) is 5.58. The van der Waals surface area contributed by atoms with E-state index in [2.05, 4.69) is 29.7 Å². The second-order valence-corrected chi connectivity index (χ2v) is 8.97. The molecule has 1 atom stereocenters. The molecule has 3 aromatic rings. The normalized spacial score (nSPS) is 15.6. The number of benzene rings is 2. The number of anilines is 1. The molecule has 1 aliphatic rings. The van der Waals surface area contributed by atoms with Crippen LogP contribution in [0, 0.1) is 12.8 Å². The topological polar surface area (TPSA) is 80.3 Å². The number of esters is 1. The van der Waals surface area contributed by atoms with Gasteiger partial charge in [0.15, 0.2) is 0 Å². The fraction of sp³-hybridized carbons (Fsp3) is 0.348. The average Bonchev–Trinajstić information content (AvgIpc) is 3.52. The molecule has 1 aromatic heterocycles. The van der Waals surface area contributed by atoms with Crippen LogP contribution in [0.5, 0.6) is 0 Å². The van der Waals surface area contributed by atoms with Gasteiger partial charge in [-0.05, 0) is 74.6 Å². The van der Waals surface area contributed by atoms with Gasteiger partial charge in [0.1, 0.15) is 10.5 Å². The number of nitrogens with one attached hydrogen (secondary N) is 2. The van der Waals surface area contributed by atoms with Gasteiger partial charge >= 0.3 is 5.97 Å². The second kappa shape index (κ2) is 8.16. The van der Waals surface area contributed by atoms with E-state index in [1.165, 1.54) is 12.7 Å². The first-order valence-corrected chi connectivity index (χ1v) is 10.8. The molecule has 1 heterocycles. The predicted octanol–water partition coefficient (Wildman–Crippen LogP) is 4.14. The number of nitrogens with zero attached hydrogens (tertiary/aromatic N) is 1. The van der Waals surface area contributed by atoms with Gasteiger partial charge in [-0.2, -0.15) is 0 Å². The Labute approximate surface area is 179 Å². The molecule has 1 saturated carbocycles. The van der Waals surface area contributed by atoms with Crippen molar-refractivity contribution in [1.29, 1.82) is 0 Å². The summed E-state index contributed by atoms with van der Waals surface area (Å²) in [7, 11) is 1.37. The lowest BCUT2D eigenvalue weighted by Crippen LogP contribution is -2.54. The summed E-state index contributed by atoms with van der Waals surface area (Å²) in [5.41, 5.74) is 3.11. The van der Waals surface area contributed by atoms with Crippen LogP contribution in [-0.4, -0.2) is 36.1 Å². The molecule has 1 aliphatic carbocycles. The fourth-order valence-electron chi connectivity index (χ4n) is 3.58. The lowest BCUT2D eigenvalue weighted by molar-refractivity contribution is -0.149. The molecule has 6 nitrogen and oxygen atoms in total. The number of carbonyl (C=O) groups is 2. The Bertz CT molecular complexity index is 1090. The second-order valence-electron chi connectivity index (χ2n) is 7.94. The number of aryl methyl sites for hydroxylation is 1. The van der Waals surface area contributed by atoms with E-state index in [1.54, 1.807) is 18.3 Å². The zero-order valence-corrected chi connectivity index (χ0v) is 18.1. The molecule has 2 N–H and O–H groups in total. The maximum absolute atomic E-state index is 12.4. The van der Waals surface area contributed by atoms with E-state index in [-0.39, 0.29) is 24.3 Å². The van der Waals surface area contributed by atoms with Crippen LogP contribution in [0.1, 0.15) is 25.3 Å². The van der Waals surface area contributed by atoms with Gasteiger partial charge in [0, 0.05) is 11.3 Å². The first-order valence-electron chi connectivity index (χ1n) is 10.00. The summed E-state index contributed by atoms with van der Waals surface area (Å²) in [5, 5.41) is 6.92. The highest BCUT2D eigenvalue weighted by molar-refractivity contribution is 7.21. The van der Waals surface area contributed by atoms with Crippen molar-refractivity contribution in [3.8, 4) is 10.6 Å². The van der Waals surface area contributed by atoms with E-state index < -0.39 is 5.54 Å². The minimum atomic E-state index is -0.818. The fourth-order valence-corrected chi connectivity index (χ4v) is 4.65. The predicted molar refractivity (Wildman–Crippen MR) is 120 cm³/mol. The van der Waals surface area contributed by atoms with Crippen LogP contribution in [-0.2, 0) is 14.3 Å². The number of rotatable bonds is 7. The number of thiazole rings is 1. The van der Waals surface area contributed by atoms with Crippen molar-refractivity contribution in [3.63, 3.8) is 0 Å². The lowest BCUT2D eigenvalue weighted by atomic mass is 9.96. The molecule has 2 aromatic carbocycles. The highest BCUT2D eigenvalue weighted by Crippen LogP contribution is 2.40. The van der Waals surface area contributed by atoms with Gasteiger partial charge in [-0.1, -0.05) is 6.07 Å². The average molecular weight is 424 g/mol. The van der Waals surface area contributed by atoms with Crippen molar-refractivity contribution in [2.75, 3.05) is 19.0 Å². The van der Waals surface area contributed by atoms with E-state index in [0.717, 1.165) is 33.6 Å². The van der Waals surface area contributed by atoms with Crippen LogP contribution in [0.3, 0.4) is 0 Å². The van der Waals surface area contributed by atoms with Gasteiger partial charge in [-0.25, -0.2) is 4.98 Å². The van der Waals surface area contributed by atoms with Crippen LogP contribution < -0.4 is 10.6 Å². The quantitative estimate of drug-likeness (QED) is 0.558. The number of hydrogen-bond donors (Lipinski definition) is 2. The van der Waals surface area contributed by atoms with Crippen molar-refractivity contribution in [2.45, 2.75) is 32.2 Å². The van der Waals surface area contributed by atoms with E-state index >= 15 is 0 Å². The summed E-state index contributed by atoms with van der Waals surface area (Å²) in [6, 6.07) is 13.9. The Morgan fingerprint density at radius 3 is 2.60 bits per heavy atom. The molecule has 0 radical (unpaired) electrons. The summed E-state index contributed by atoms with van der Waals surface area (Å²) >= 11 is 1.66. The van der Waals surface area contributed by atoms with Crippen molar-refractivity contribution < 1.29 is 14.3 Å². The minimum Gasteiger partial charge on any atom is -0.468 e. The number of fused-ring (bicyclic) bond motifs is 1. The minimum absolute atomic E-state index is 0.0427. The molecular formula is C23H25N3O3S. The standard InChI is InChI=1S/C23H25N3O3S/c1-14-4-11-18-19(12-14)30-21(26-18)15-5-9-17(10-6-15)25-20(27)13-24-23(2,16-7-8-16)22(28)29-3/h4-6,9-12,16,24H,7-8,13H2,1-3H3,(H,25,27)/t23-/m0/s1. The Balaban J connectivity index is 1.39. The van der Waals surface area contributed by atoms with Crippen LogP contribution in [0.2, 0.25) is 0 Å². The molecule has 0 spiro atoms. The highest BCUT2D eigenvalue weighted by atomic mass is 32.1. The van der Waals surface area contributed by atoms with Crippen LogP contribution in [0.15, 0.2) is 42.5 Å². The molecule has 0 bridgehead atoms. The summed E-state index contributed by atoms with van der Waals surface area (Å²) < 4.78 is 6.08. The number of hydrogen-bond acceptors (Lipinski definition) is 6. The molecule has 4 rings (SSSR count). The van der Waals surface area contributed by atoms with Crippen molar-refractivity contribution >= 4 is 39.1 Å². The maximum Gasteiger partial charge on any atom is 0.326 e. The number of ether oxygens (including phenoxy) is 1. The molecule has 7 heteroatoms. The summed E-state index contributed by atoms with van der Waals surface area (Å²) in [6.45, 7) is 3.92. The first-order chi connectivity index (χ1) is 14.4. The van der Waals surface area contributed by atoms with E-state index in [1.807, 2.05) is 30.3 Å². The molecule has 1 fully saturated rings. The van der Waals surface area contributed by atoms with Gasteiger partial charge in [-0.15, -0.1) is 11.3 Å². The summed E-state index contributed by atoms with van der Waals surface area (Å²) in [4.78, 5) is 29.2. The Morgan fingerprint density at radius 2 is 1.93 bits per heavy atom. The molecule has 156 valence electrons. The lowest BCUT2D eigenvalue weighted by Gasteiger charge is -2.27. The zero-order valence-electron chi connectivity index (χ0n) is 17.3. The van der Waals surface area contributed by atoms with Crippen molar-refractivity contribution in [1.82, 2.24) is 10.3 Å². The Morgan fingerprint density at radius 1 is 1.20 bits per heavy atom. The van der Waals surface area contributed by atoms with E-state index in [4.69, 9.17) is 9.72 Å². The molecular weight excluding hydrogens is 398 g/mol. The van der Waals surface area contributed by atoms with Gasteiger partial charge < -0.3 is 10.1 Å². The third kappa shape index (κ3) is 4.22. The van der Waals surface area contributed by atoms with Gasteiger partial charge in [-0.3, -0.25) is 14.9 Å². The largest absolute Gasteiger partial charge is 0.468 e. The molecule has 1 amide bonds. The van der Waals surface area contributed by atoms with Gasteiger partial charge in [0.05, 0.1) is 23.9 Å². The van der Waals surface area contributed by atoms with Gasteiger partial charge in [0.25, 0.3) is 0 Å². The Hall–Kier alpha value is -2.77. The molecule has 0 aliphatic heterocycles. The summed E-state index contributed by atoms with van der Waals surface area (Å²) in [5.74, 6) is -0.309. The van der Waals surface area contributed by atoms with E-state index in [0.29, 0.717) is 5.69 Å². The van der Waals surface area contributed by atoms with Crippen LogP contribution >= 0.6 is 11.3 Å². The summed E-state index contributed by atoms with van der Waals surface area (Å²) in [6.07, 6.45) is 1.93. The number of amides is 1. The first kappa shape index (κ1) is 20.5. The smallest absolute Gasteiger partial charge is 0.326 e. The third-order valence-corrected chi connectivity index (χ3v) is 6.65. The monoisotopic (exact) mass is 423 g/mol.